The lowest BCUT2D eigenvalue weighted by molar-refractivity contribution is -0.122. The highest BCUT2D eigenvalue weighted by atomic mass is 79.9. The van der Waals surface area contributed by atoms with Crippen LogP contribution in [0.15, 0.2) is 59.3 Å². The van der Waals surface area contributed by atoms with Gasteiger partial charge in [0, 0.05) is 56.4 Å². The smallest absolute Gasteiger partial charge is 0.259 e. The molecule has 1 aliphatic rings. The van der Waals surface area contributed by atoms with Crippen LogP contribution in [0.4, 0.5) is 0 Å². The highest BCUT2D eigenvalue weighted by Gasteiger charge is 2.35. The summed E-state index contributed by atoms with van der Waals surface area (Å²) in [6.45, 7) is 2.89. The number of H-pyrrole nitrogens is 1. The Balaban J connectivity index is 1.71. The van der Waals surface area contributed by atoms with Crippen LogP contribution in [0.25, 0.3) is 33.0 Å². The van der Waals surface area contributed by atoms with Crippen molar-refractivity contribution in [3.63, 3.8) is 0 Å². The number of halogens is 1. The summed E-state index contributed by atoms with van der Waals surface area (Å²) in [7, 11) is 0. The molecule has 0 saturated heterocycles. The zero-order valence-corrected chi connectivity index (χ0v) is 19.5. The number of fused-ring (bicyclic) bond motifs is 2. The van der Waals surface area contributed by atoms with Gasteiger partial charge in [0.15, 0.2) is 0 Å². The van der Waals surface area contributed by atoms with Crippen LogP contribution >= 0.6 is 15.9 Å². The molecule has 2 aromatic carbocycles. The molecule has 8 heteroatoms. The third-order valence-corrected chi connectivity index (χ3v) is 6.32. The maximum atomic E-state index is 13.0. The second-order valence-electron chi connectivity index (χ2n) is 7.95. The number of carbonyl (C=O) groups is 2. The number of nitrogens with one attached hydrogen (secondary N) is 2. The van der Waals surface area contributed by atoms with E-state index >= 15 is 0 Å². The number of imide groups is 1. The molecular formula is C25H22BrN3O4. The highest BCUT2D eigenvalue weighted by Crippen LogP contribution is 2.38. The number of para-hydroxylation sites is 1. The molecule has 0 aliphatic carbocycles. The van der Waals surface area contributed by atoms with E-state index < -0.39 is 17.9 Å². The molecule has 2 aromatic heterocycles. The number of benzene rings is 2. The summed E-state index contributed by atoms with van der Waals surface area (Å²) in [4.78, 5) is 29.1. The summed E-state index contributed by atoms with van der Waals surface area (Å²) in [6.07, 6.45) is 2.88. The molecule has 3 N–H and O–H groups in total. The van der Waals surface area contributed by atoms with Crippen molar-refractivity contribution in [1.82, 2.24) is 14.9 Å². The van der Waals surface area contributed by atoms with Gasteiger partial charge in [-0.15, -0.1) is 0 Å². The van der Waals surface area contributed by atoms with E-state index in [1.165, 1.54) is 0 Å². The summed E-state index contributed by atoms with van der Waals surface area (Å²) in [5.41, 5.74) is 3.72. The molecule has 0 saturated carbocycles. The van der Waals surface area contributed by atoms with Crippen LogP contribution in [0.2, 0.25) is 0 Å². The number of aliphatic hydroxyl groups is 1. The minimum absolute atomic E-state index is 0.210. The number of hydrogen-bond donors (Lipinski definition) is 3. The van der Waals surface area contributed by atoms with Crippen molar-refractivity contribution in [2.24, 2.45) is 0 Å². The minimum atomic E-state index is -0.714. The average Bonchev–Trinajstić information content (AvgIpc) is 3.45. The van der Waals surface area contributed by atoms with Crippen molar-refractivity contribution in [3.8, 4) is 0 Å². The second kappa shape index (κ2) is 8.62. The number of aliphatic hydroxyl groups excluding tert-OH is 1. The summed E-state index contributed by atoms with van der Waals surface area (Å²) in [5.74, 6) is -0.855. The third kappa shape index (κ3) is 3.80. The zero-order chi connectivity index (χ0) is 23.1. The van der Waals surface area contributed by atoms with Gasteiger partial charge in [-0.2, -0.15) is 0 Å². The monoisotopic (exact) mass is 507 g/mol. The fraction of sp³-hybridized carbons (Fsp3) is 0.200. The molecule has 0 bridgehead atoms. The molecule has 0 spiro atoms. The Morgan fingerprint density at radius 3 is 2.61 bits per heavy atom. The van der Waals surface area contributed by atoms with E-state index in [2.05, 4.69) is 26.2 Å². The summed E-state index contributed by atoms with van der Waals surface area (Å²) >= 11 is 3.51. The Morgan fingerprint density at radius 1 is 1.06 bits per heavy atom. The minimum Gasteiger partial charge on any atom is -0.389 e. The first-order valence-electron chi connectivity index (χ1n) is 10.7. The van der Waals surface area contributed by atoms with Crippen LogP contribution in [0.1, 0.15) is 18.1 Å². The van der Waals surface area contributed by atoms with Gasteiger partial charge in [-0.25, -0.2) is 0 Å². The van der Waals surface area contributed by atoms with E-state index in [1.807, 2.05) is 60.2 Å². The van der Waals surface area contributed by atoms with Gasteiger partial charge in [0.1, 0.15) is 0 Å². The van der Waals surface area contributed by atoms with E-state index in [0.717, 1.165) is 26.3 Å². The molecule has 1 aliphatic heterocycles. The number of amides is 2. The number of rotatable bonds is 7. The maximum absolute atomic E-state index is 13.0. The summed E-state index contributed by atoms with van der Waals surface area (Å²) < 4.78 is 8.12. The van der Waals surface area contributed by atoms with Crippen molar-refractivity contribution in [3.05, 3.63) is 70.5 Å². The second-order valence-corrected chi connectivity index (χ2v) is 8.87. The Kier molecular flexibility index (Phi) is 5.65. The first kappa shape index (κ1) is 21.6. The van der Waals surface area contributed by atoms with E-state index in [9.17, 15) is 14.7 Å². The molecule has 0 fully saturated rings. The van der Waals surface area contributed by atoms with E-state index in [0.29, 0.717) is 28.9 Å². The number of nitrogens with zero attached hydrogens (tertiary/aromatic N) is 1. The molecule has 1 unspecified atom stereocenters. The van der Waals surface area contributed by atoms with Crippen molar-refractivity contribution in [2.45, 2.75) is 19.6 Å². The molecule has 1 atom stereocenters. The SMILES string of the molecule is CCOCC(O)Cn1cc(C2=C(c3c[nH]c4ccccc34)C(=O)NC2=O)c2ccc(Br)cc21. The fourth-order valence-electron chi connectivity index (χ4n) is 4.40. The molecule has 7 nitrogen and oxygen atoms in total. The van der Waals surface area contributed by atoms with Crippen molar-refractivity contribution < 1.29 is 19.4 Å². The molecule has 4 aromatic rings. The largest absolute Gasteiger partial charge is 0.389 e. The molecule has 168 valence electrons. The number of ether oxygens (including phenoxy) is 1. The van der Waals surface area contributed by atoms with Crippen LogP contribution in [-0.2, 0) is 20.9 Å². The Labute approximate surface area is 198 Å². The normalized spacial score (nSPS) is 15.1. The first-order valence-corrected chi connectivity index (χ1v) is 11.5. The van der Waals surface area contributed by atoms with Gasteiger partial charge in [0.05, 0.1) is 30.4 Å². The molecule has 33 heavy (non-hydrogen) atoms. The van der Waals surface area contributed by atoms with E-state index in [-0.39, 0.29) is 13.2 Å². The Morgan fingerprint density at radius 2 is 1.82 bits per heavy atom. The predicted octanol–water partition coefficient (Wildman–Crippen LogP) is 3.85. The lowest BCUT2D eigenvalue weighted by Gasteiger charge is -2.12. The van der Waals surface area contributed by atoms with E-state index in [1.54, 1.807) is 6.20 Å². The van der Waals surface area contributed by atoms with Crippen LogP contribution in [0.5, 0.6) is 0 Å². The summed E-state index contributed by atoms with van der Waals surface area (Å²) in [5, 5.41) is 14.6. The van der Waals surface area contributed by atoms with Crippen molar-refractivity contribution in [2.75, 3.05) is 13.2 Å². The Hall–Kier alpha value is -3.20. The average molecular weight is 508 g/mol. The lowest BCUT2D eigenvalue weighted by Crippen LogP contribution is -2.22. The number of hydrogen-bond acceptors (Lipinski definition) is 4. The standard InChI is InChI=1S/C25H22BrN3O4/c1-2-33-13-15(30)11-29-12-19(17-8-7-14(26)9-21(17)29)23-22(24(31)28-25(23)32)18-10-27-20-6-4-3-5-16(18)20/h3-10,12,15,27,30H,2,11,13H2,1H3,(H,28,31,32). The van der Waals surface area contributed by atoms with Crippen molar-refractivity contribution in [1.29, 1.82) is 0 Å². The van der Waals surface area contributed by atoms with Gasteiger partial charge in [-0.3, -0.25) is 14.9 Å². The van der Waals surface area contributed by atoms with Crippen LogP contribution < -0.4 is 5.32 Å². The molecular weight excluding hydrogens is 486 g/mol. The quantitative estimate of drug-likeness (QED) is 0.331. The van der Waals surface area contributed by atoms with Gasteiger partial charge in [-0.1, -0.05) is 40.2 Å². The van der Waals surface area contributed by atoms with Gasteiger partial charge in [-0.05, 0) is 25.1 Å². The maximum Gasteiger partial charge on any atom is 0.259 e. The van der Waals surface area contributed by atoms with Crippen LogP contribution in [0, 0.1) is 0 Å². The topological polar surface area (TPSA) is 96.3 Å². The van der Waals surface area contributed by atoms with E-state index in [4.69, 9.17) is 4.74 Å². The molecule has 0 radical (unpaired) electrons. The molecule has 3 heterocycles. The van der Waals surface area contributed by atoms with Gasteiger partial charge < -0.3 is 19.4 Å². The van der Waals surface area contributed by atoms with Crippen LogP contribution in [-0.4, -0.2) is 45.8 Å². The first-order chi connectivity index (χ1) is 16.0. The number of aromatic nitrogens is 2. The van der Waals surface area contributed by atoms with Crippen molar-refractivity contribution >= 4 is 60.7 Å². The highest BCUT2D eigenvalue weighted by molar-refractivity contribution is 9.10. The predicted molar refractivity (Wildman–Crippen MR) is 130 cm³/mol. The number of aromatic amines is 1. The number of carbonyl (C=O) groups excluding carboxylic acids is 2. The van der Waals surface area contributed by atoms with Gasteiger partial charge >= 0.3 is 0 Å². The zero-order valence-electron chi connectivity index (χ0n) is 17.9. The van der Waals surface area contributed by atoms with Crippen LogP contribution in [0.3, 0.4) is 0 Å². The molecule has 2 amide bonds. The molecule has 5 rings (SSSR count). The Bertz CT molecular complexity index is 1430. The lowest BCUT2D eigenvalue weighted by atomic mass is 9.95. The van der Waals surface area contributed by atoms with Gasteiger partial charge in [0.2, 0.25) is 0 Å². The van der Waals surface area contributed by atoms with Gasteiger partial charge in [0.25, 0.3) is 11.8 Å². The fourth-order valence-corrected chi connectivity index (χ4v) is 4.75. The third-order valence-electron chi connectivity index (χ3n) is 5.83. The summed E-state index contributed by atoms with van der Waals surface area (Å²) in [6, 6.07) is 13.4.